The Morgan fingerprint density at radius 3 is 2.82 bits per heavy atom. The van der Waals surface area contributed by atoms with Gasteiger partial charge in [-0.05, 0) is 0 Å². The molecule has 0 bridgehead atoms. The SMILES string of the molecule is COCCOCCOC(=O)Cc1ncsc1Cl. The molecule has 1 rings (SSSR count). The van der Waals surface area contributed by atoms with E-state index in [0.717, 1.165) is 0 Å². The Balaban J connectivity index is 2.08. The summed E-state index contributed by atoms with van der Waals surface area (Å²) in [5.41, 5.74) is 2.15. The van der Waals surface area contributed by atoms with Crippen LogP contribution in [0.4, 0.5) is 0 Å². The fourth-order valence-corrected chi connectivity index (χ4v) is 1.79. The van der Waals surface area contributed by atoms with Gasteiger partial charge in [0.2, 0.25) is 0 Å². The molecule has 0 aliphatic rings. The average Bonchev–Trinajstić information content (AvgIpc) is 2.69. The van der Waals surface area contributed by atoms with Crippen LogP contribution in [0.25, 0.3) is 0 Å². The largest absolute Gasteiger partial charge is 0.463 e. The van der Waals surface area contributed by atoms with Crippen molar-refractivity contribution in [2.75, 3.05) is 33.5 Å². The van der Waals surface area contributed by atoms with Gasteiger partial charge in [0.05, 0.1) is 37.4 Å². The first-order chi connectivity index (χ1) is 8.24. The molecule has 0 fully saturated rings. The Labute approximate surface area is 109 Å². The number of methoxy groups -OCH3 is 1. The molecule has 17 heavy (non-hydrogen) atoms. The molecule has 96 valence electrons. The number of ether oxygens (including phenoxy) is 3. The summed E-state index contributed by atoms with van der Waals surface area (Å²) in [5.74, 6) is -0.354. The van der Waals surface area contributed by atoms with Crippen molar-refractivity contribution in [1.29, 1.82) is 0 Å². The molecule has 0 aliphatic heterocycles. The molecular formula is C10H14ClNO4S. The zero-order valence-electron chi connectivity index (χ0n) is 9.48. The fourth-order valence-electron chi connectivity index (χ4n) is 1.02. The minimum Gasteiger partial charge on any atom is -0.463 e. The molecule has 0 aromatic carbocycles. The van der Waals surface area contributed by atoms with Gasteiger partial charge in [-0.2, -0.15) is 0 Å². The molecule has 5 nitrogen and oxygen atoms in total. The Morgan fingerprint density at radius 1 is 1.41 bits per heavy atom. The second-order valence-corrected chi connectivity index (χ2v) is 4.53. The van der Waals surface area contributed by atoms with Gasteiger partial charge >= 0.3 is 5.97 Å². The van der Waals surface area contributed by atoms with Crippen molar-refractivity contribution in [3.8, 4) is 0 Å². The van der Waals surface area contributed by atoms with Gasteiger partial charge in [-0.1, -0.05) is 11.6 Å². The molecule has 0 saturated heterocycles. The molecule has 0 spiro atoms. The lowest BCUT2D eigenvalue weighted by molar-refractivity contribution is -0.144. The van der Waals surface area contributed by atoms with E-state index in [4.69, 9.17) is 25.8 Å². The zero-order valence-corrected chi connectivity index (χ0v) is 11.1. The second-order valence-electron chi connectivity index (χ2n) is 3.08. The van der Waals surface area contributed by atoms with E-state index in [2.05, 4.69) is 4.98 Å². The van der Waals surface area contributed by atoms with Crippen LogP contribution in [-0.4, -0.2) is 44.5 Å². The molecule has 0 unspecified atom stereocenters. The van der Waals surface area contributed by atoms with E-state index < -0.39 is 0 Å². The van der Waals surface area contributed by atoms with Crippen LogP contribution >= 0.6 is 22.9 Å². The summed E-state index contributed by atoms with van der Waals surface area (Å²) < 4.78 is 15.4. The molecule has 0 radical (unpaired) electrons. The smallest absolute Gasteiger partial charge is 0.312 e. The standard InChI is InChI=1S/C10H14ClNO4S/c1-14-2-3-15-4-5-16-9(13)6-8-10(11)17-7-12-8/h7H,2-6H2,1H3. The quantitative estimate of drug-likeness (QED) is 0.534. The fraction of sp³-hybridized carbons (Fsp3) is 0.600. The van der Waals surface area contributed by atoms with Crippen LogP contribution in [0.15, 0.2) is 5.51 Å². The lowest BCUT2D eigenvalue weighted by Gasteiger charge is -2.05. The molecule has 1 aromatic heterocycles. The van der Waals surface area contributed by atoms with Crippen LogP contribution in [0, 0.1) is 0 Å². The Morgan fingerprint density at radius 2 is 2.18 bits per heavy atom. The monoisotopic (exact) mass is 279 g/mol. The van der Waals surface area contributed by atoms with Crippen molar-refractivity contribution in [2.24, 2.45) is 0 Å². The molecular weight excluding hydrogens is 266 g/mol. The van der Waals surface area contributed by atoms with Crippen molar-refractivity contribution in [2.45, 2.75) is 6.42 Å². The summed E-state index contributed by atoms with van der Waals surface area (Å²) in [5, 5.41) is 0. The number of nitrogens with zero attached hydrogens (tertiary/aromatic N) is 1. The van der Waals surface area contributed by atoms with E-state index in [1.54, 1.807) is 12.6 Å². The minimum atomic E-state index is -0.354. The van der Waals surface area contributed by atoms with Crippen LogP contribution in [0.1, 0.15) is 5.69 Å². The van der Waals surface area contributed by atoms with Crippen molar-refractivity contribution >= 4 is 28.9 Å². The molecule has 0 aliphatic carbocycles. The lowest BCUT2D eigenvalue weighted by atomic mass is 10.3. The number of rotatable bonds is 8. The van der Waals surface area contributed by atoms with Gasteiger partial charge < -0.3 is 14.2 Å². The highest BCUT2D eigenvalue weighted by atomic mass is 35.5. The zero-order chi connectivity index (χ0) is 12.5. The highest BCUT2D eigenvalue weighted by molar-refractivity contribution is 7.14. The van der Waals surface area contributed by atoms with Crippen molar-refractivity contribution < 1.29 is 19.0 Å². The summed E-state index contributed by atoms with van der Waals surface area (Å²) in [7, 11) is 1.60. The highest BCUT2D eigenvalue weighted by Gasteiger charge is 2.10. The summed E-state index contributed by atoms with van der Waals surface area (Å²) >= 11 is 7.10. The highest BCUT2D eigenvalue weighted by Crippen LogP contribution is 2.20. The number of aromatic nitrogens is 1. The predicted molar refractivity (Wildman–Crippen MR) is 64.5 cm³/mol. The summed E-state index contributed by atoms with van der Waals surface area (Å²) in [4.78, 5) is 15.3. The number of esters is 1. The third-order valence-corrected chi connectivity index (χ3v) is 2.96. The molecule has 7 heteroatoms. The number of carbonyl (C=O) groups is 1. The first-order valence-electron chi connectivity index (χ1n) is 5.04. The lowest BCUT2D eigenvalue weighted by Crippen LogP contribution is -2.14. The Hall–Kier alpha value is -0.690. The minimum absolute atomic E-state index is 0.0976. The van der Waals surface area contributed by atoms with Gasteiger partial charge in [-0.25, -0.2) is 4.98 Å². The first-order valence-corrected chi connectivity index (χ1v) is 6.30. The molecule has 0 saturated carbocycles. The number of hydrogen-bond donors (Lipinski definition) is 0. The summed E-state index contributed by atoms with van der Waals surface area (Å²) in [6.45, 7) is 1.61. The number of carbonyl (C=O) groups excluding carboxylic acids is 1. The number of thiazole rings is 1. The van der Waals surface area contributed by atoms with Crippen LogP contribution in [-0.2, 0) is 25.4 Å². The first kappa shape index (κ1) is 14.4. The molecule has 1 aromatic rings. The third-order valence-electron chi connectivity index (χ3n) is 1.83. The van der Waals surface area contributed by atoms with Gasteiger partial charge in [-0.15, -0.1) is 11.3 Å². The summed E-state index contributed by atoms with van der Waals surface area (Å²) in [6.07, 6.45) is 0.0976. The van der Waals surface area contributed by atoms with E-state index in [1.807, 2.05) is 0 Å². The maximum Gasteiger partial charge on any atom is 0.312 e. The predicted octanol–water partition coefficient (Wildman–Crippen LogP) is 1.55. The maximum absolute atomic E-state index is 11.4. The number of hydrogen-bond acceptors (Lipinski definition) is 6. The maximum atomic E-state index is 11.4. The second kappa shape index (κ2) is 8.41. The van der Waals surface area contributed by atoms with E-state index in [0.29, 0.717) is 29.9 Å². The van der Waals surface area contributed by atoms with E-state index in [1.165, 1.54) is 11.3 Å². The van der Waals surface area contributed by atoms with Crippen molar-refractivity contribution in [1.82, 2.24) is 4.98 Å². The normalized spacial score (nSPS) is 10.5. The van der Waals surface area contributed by atoms with Crippen molar-refractivity contribution in [3.63, 3.8) is 0 Å². The van der Waals surface area contributed by atoms with Crippen LogP contribution in [0.5, 0.6) is 0 Å². The Bertz CT molecular complexity index is 345. The number of halogens is 1. The topological polar surface area (TPSA) is 57.7 Å². The van der Waals surface area contributed by atoms with Gasteiger partial charge in [0.15, 0.2) is 0 Å². The molecule has 0 amide bonds. The molecule has 0 atom stereocenters. The van der Waals surface area contributed by atoms with E-state index >= 15 is 0 Å². The van der Waals surface area contributed by atoms with Crippen LogP contribution < -0.4 is 0 Å². The third kappa shape index (κ3) is 5.97. The Kier molecular flexibility index (Phi) is 7.11. The molecule has 1 heterocycles. The summed E-state index contributed by atoms with van der Waals surface area (Å²) in [6, 6.07) is 0. The van der Waals surface area contributed by atoms with Crippen LogP contribution in [0.3, 0.4) is 0 Å². The van der Waals surface area contributed by atoms with Crippen LogP contribution in [0.2, 0.25) is 4.34 Å². The average molecular weight is 280 g/mol. The van der Waals surface area contributed by atoms with E-state index in [-0.39, 0.29) is 19.0 Å². The van der Waals surface area contributed by atoms with Gasteiger partial charge in [0.25, 0.3) is 0 Å². The molecule has 0 N–H and O–H groups in total. The van der Waals surface area contributed by atoms with Crippen molar-refractivity contribution in [3.05, 3.63) is 15.5 Å². The van der Waals surface area contributed by atoms with Gasteiger partial charge in [-0.3, -0.25) is 4.79 Å². The van der Waals surface area contributed by atoms with E-state index in [9.17, 15) is 4.79 Å². The van der Waals surface area contributed by atoms with Gasteiger partial charge in [0, 0.05) is 7.11 Å². The van der Waals surface area contributed by atoms with Gasteiger partial charge in [0.1, 0.15) is 10.9 Å².